The van der Waals surface area contributed by atoms with Crippen molar-refractivity contribution in [2.75, 3.05) is 10.6 Å². The molecule has 1 saturated carbocycles. The minimum atomic E-state index is -4.15. The molecule has 0 radical (unpaired) electrons. The first-order valence-electron chi connectivity index (χ1n) is 9.80. The molecule has 1 saturated heterocycles. The maximum atomic E-state index is 10.2. The summed E-state index contributed by atoms with van der Waals surface area (Å²) in [6.07, 6.45) is 2.48. The first-order chi connectivity index (χ1) is 15.5. The fourth-order valence-electron chi connectivity index (χ4n) is 3.29. The van der Waals surface area contributed by atoms with Crippen LogP contribution in [0.1, 0.15) is 31.0 Å². The first kappa shape index (κ1) is 24.1. The maximum absolute atomic E-state index is 10.2. The predicted octanol–water partition coefficient (Wildman–Crippen LogP) is -3.20. The van der Waals surface area contributed by atoms with E-state index in [4.69, 9.17) is 15.9 Å². The number of ether oxygens (including phenoxy) is 2. The van der Waals surface area contributed by atoms with E-state index in [1.807, 2.05) is 6.92 Å². The van der Waals surface area contributed by atoms with E-state index >= 15 is 0 Å². The van der Waals surface area contributed by atoms with Gasteiger partial charge in [0.25, 0.3) is 0 Å². The molecule has 0 atom stereocenters. The molecule has 34 heavy (non-hydrogen) atoms. The van der Waals surface area contributed by atoms with Gasteiger partial charge in [-0.05, 0) is 38.0 Å². The van der Waals surface area contributed by atoms with Crippen molar-refractivity contribution in [2.45, 2.75) is 49.1 Å². The second kappa shape index (κ2) is 7.25. The second-order valence-electron chi connectivity index (χ2n) is 8.36. The summed E-state index contributed by atoms with van der Waals surface area (Å²) in [5.74, 6) is -16.9. The Balaban J connectivity index is 1.75. The Kier molecular flexibility index (Phi) is 5.15. The highest BCUT2D eigenvalue weighted by Crippen LogP contribution is 2.44. The van der Waals surface area contributed by atoms with Crippen molar-refractivity contribution in [1.29, 1.82) is 5.41 Å². The van der Waals surface area contributed by atoms with E-state index in [2.05, 4.69) is 14.7 Å². The smallest absolute Gasteiger partial charge is 0.362 e. The Morgan fingerprint density at radius 2 is 1.59 bits per heavy atom. The van der Waals surface area contributed by atoms with Crippen LogP contribution in [0.3, 0.4) is 0 Å². The zero-order valence-corrected chi connectivity index (χ0v) is 17.6. The van der Waals surface area contributed by atoms with Crippen LogP contribution in [0.25, 0.3) is 0 Å². The Hall–Kier alpha value is -2.99. The number of rotatable bonds is 5. The number of hydrogen-bond acceptors (Lipinski definition) is 15. The van der Waals surface area contributed by atoms with Gasteiger partial charge in [-0.15, -0.1) is 0 Å². The molecule has 0 amide bonds. The fraction of sp³-hybridized carbons (Fsp3) is 0.421. The number of hydrogen-bond donors (Lipinski definition) is 10. The summed E-state index contributed by atoms with van der Waals surface area (Å²) in [7, 11) is 0. The van der Waals surface area contributed by atoms with Crippen molar-refractivity contribution in [3.63, 3.8) is 0 Å². The number of nitrogen functional groups attached to an aromatic ring is 1. The third kappa shape index (κ3) is 3.74. The molecule has 4 rings (SSSR count). The molecule has 1 aliphatic carbocycles. The van der Waals surface area contributed by atoms with Gasteiger partial charge >= 0.3 is 23.8 Å². The molecule has 2 aromatic rings. The maximum Gasteiger partial charge on any atom is 0.362 e. The SMILES string of the molecule is CC1(Oc2ccc(N)c(C(=N)c3cc(N4C(O)(O)C(O)(O)OC(O)(O)C4(O)O)ncn3)c2)CC1. The molecule has 15 nitrogen and oxygen atoms in total. The van der Waals surface area contributed by atoms with Gasteiger partial charge in [-0.25, -0.2) is 14.9 Å². The normalized spacial score (nSPS) is 23.3. The van der Waals surface area contributed by atoms with Crippen molar-refractivity contribution in [2.24, 2.45) is 0 Å². The highest BCUT2D eigenvalue weighted by Gasteiger charge is 2.75. The number of nitrogens with two attached hydrogens (primary N) is 1. The minimum Gasteiger partial charge on any atom is -0.488 e. The monoisotopic (exact) mass is 481 g/mol. The van der Waals surface area contributed by atoms with Crippen molar-refractivity contribution >= 4 is 17.2 Å². The highest BCUT2D eigenvalue weighted by atomic mass is 16.9. The molecule has 11 N–H and O–H groups in total. The minimum absolute atomic E-state index is 0.157. The van der Waals surface area contributed by atoms with Crippen LogP contribution in [-0.2, 0) is 4.74 Å². The molecule has 0 unspecified atom stereocenters. The lowest BCUT2D eigenvalue weighted by molar-refractivity contribution is -0.606. The van der Waals surface area contributed by atoms with Crippen molar-refractivity contribution in [1.82, 2.24) is 9.97 Å². The van der Waals surface area contributed by atoms with Crippen LogP contribution in [-0.4, -0.2) is 85.9 Å². The summed E-state index contributed by atoms with van der Waals surface area (Å²) >= 11 is 0. The number of aliphatic hydroxyl groups is 8. The molecule has 2 heterocycles. The molecule has 0 bridgehead atoms. The zero-order chi connectivity index (χ0) is 25.3. The first-order valence-corrected chi connectivity index (χ1v) is 9.80. The van der Waals surface area contributed by atoms with E-state index in [1.54, 1.807) is 6.07 Å². The van der Waals surface area contributed by atoms with Gasteiger partial charge in [0.1, 0.15) is 23.5 Å². The predicted molar refractivity (Wildman–Crippen MR) is 109 cm³/mol. The van der Waals surface area contributed by atoms with Gasteiger partial charge in [-0.3, -0.25) is 10.1 Å². The van der Waals surface area contributed by atoms with Gasteiger partial charge in [-0.1, -0.05) is 0 Å². The molecular weight excluding hydrogens is 458 g/mol. The number of morpholine rings is 1. The Labute approximate surface area is 191 Å². The molecule has 0 spiro atoms. The standard InChI is InChI=1S/C19H23N5O10/c1-15(4-5-15)33-9-2-3-11(20)10(6-9)14(21)12-7-13(23-8-22-12)24-16(25,26)18(29,30)34-19(31,32)17(24,27)28/h2-3,6-8,21,25-32H,4-5,20H2,1H3. The summed E-state index contributed by atoms with van der Waals surface area (Å²) < 4.78 is 9.69. The number of aromatic nitrogens is 2. The topological polar surface area (TPSA) is 259 Å². The molecule has 2 fully saturated rings. The average Bonchev–Trinajstić information content (AvgIpc) is 3.43. The number of anilines is 2. The summed E-state index contributed by atoms with van der Waals surface area (Å²) in [5.41, 5.74) is 5.41. The summed E-state index contributed by atoms with van der Waals surface area (Å²) in [6.45, 7) is 1.92. The second-order valence-corrected chi connectivity index (χ2v) is 8.36. The van der Waals surface area contributed by atoms with Gasteiger partial charge in [0.05, 0.1) is 11.4 Å². The van der Waals surface area contributed by atoms with Crippen LogP contribution in [0.5, 0.6) is 5.75 Å². The molecule has 1 aliphatic heterocycles. The largest absolute Gasteiger partial charge is 0.488 e. The zero-order valence-electron chi connectivity index (χ0n) is 17.6. The van der Waals surface area contributed by atoms with Gasteiger partial charge in [0.15, 0.2) is 0 Å². The quantitative estimate of drug-likeness (QED) is 0.115. The Bertz CT molecular complexity index is 1120. The summed E-state index contributed by atoms with van der Waals surface area (Å²) in [6, 6.07) is 5.42. The van der Waals surface area contributed by atoms with Crippen LogP contribution >= 0.6 is 0 Å². The van der Waals surface area contributed by atoms with Crippen molar-refractivity contribution in [3.8, 4) is 5.75 Å². The molecule has 184 valence electrons. The lowest BCUT2D eigenvalue weighted by Gasteiger charge is -2.55. The van der Waals surface area contributed by atoms with Gasteiger partial charge in [0.2, 0.25) is 0 Å². The van der Waals surface area contributed by atoms with Crippen LogP contribution in [0.4, 0.5) is 11.5 Å². The summed E-state index contributed by atoms with van der Waals surface area (Å²) in [5, 5.41) is 88.3. The van der Waals surface area contributed by atoms with Crippen LogP contribution in [0.2, 0.25) is 0 Å². The lowest BCUT2D eigenvalue weighted by atomic mass is 10.0. The number of nitrogens with zero attached hydrogens (tertiary/aromatic N) is 3. The Morgan fingerprint density at radius 1 is 1.00 bits per heavy atom. The molecule has 1 aromatic heterocycles. The summed E-state index contributed by atoms with van der Waals surface area (Å²) in [4.78, 5) is 6.99. The van der Waals surface area contributed by atoms with Gasteiger partial charge in [0, 0.05) is 17.3 Å². The van der Waals surface area contributed by atoms with Crippen LogP contribution in [0, 0.1) is 5.41 Å². The van der Waals surface area contributed by atoms with Crippen LogP contribution in [0.15, 0.2) is 30.6 Å². The molecule has 1 aromatic carbocycles. The third-order valence-corrected chi connectivity index (χ3v) is 5.53. The number of nitrogens with one attached hydrogen (secondary N) is 1. The van der Waals surface area contributed by atoms with Crippen molar-refractivity contribution < 1.29 is 50.3 Å². The lowest BCUT2D eigenvalue weighted by Crippen LogP contribution is -2.84. The van der Waals surface area contributed by atoms with Gasteiger partial charge in [-0.2, -0.15) is 0 Å². The fourth-order valence-corrected chi connectivity index (χ4v) is 3.29. The van der Waals surface area contributed by atoms with Crippen LogP contribution < -0.4 is 15.4 Å². The van der Waals surface area contributed by atoms with E-state index in [9.17, 15) is 40.9 Å². The van der Waals surface area contributed by atoms with E-state index in [-0.39, 0.29) is 28.3 Å². The molecule has 2 aliphatic rings. The highest BCUT2D eigenvalue weighted by molar-refractivity contribution is 6.13. The molecule has 15 heteroatoms. The van der Waals surface area contributed by atoms with Gasteiger partial charge < -0.3 is 51.3 Å². The van der Waals surface area contributed by atoms with E-state index in [0.717, 1.165) is 25.2 Å². The third-order valence-electron chi connectivity index (χ3n) is 5.53. The van der Waals surface area contributed by atoms with E-state index in [0.29, 0.717) is 5.75 Å². The average molecular weight is 481 g/mol. The van der Waals surface area contributed by atoms with E-state index < -0.39 is 34.5 Å². The number of benzene rings is 1. The van der Waals surface area contributed by atoms with E-state index in [1.165, 1.54) is 12.1 Å². The van der Waals surface area contributed by atoms with Crippen molar-refractivity contribution in [3.05, 3.63) is 41.9 Å². The Morgan fingerprint density at radius 3 is 2.15 bits per heavy atom. The molecular formula is C19H23N5O10.